The molecule has 0 spiro atoms. The van der Waals surface area contributed by atoms with Crippen molar-refractivity contribution in [1.82, 2.24) is 15.0 Å². The van der Waals surface area contributed by atoms with Gasteiger partial charge < -0.3 is 15.0 Å². The molecule has 0 aliphatic heterocycles. The molecule has 0 bridgehead atoms. The van der Waals surface area contributed by atoms with Gasteiger partial charge in [0, 0.05) is 17.1 Å². The number of rotatable bonds is 6. The molecule has 5 rings (SSSR count). The van der Waals surface area contributed by atoms with Crippen molar-refractivity contribution in [2.75, 3.05) is 11.9 Å². The van der Waals surface area contributed by atoms with Crippen LogP contribution in [0.25, 0.3) is 22.4 Å². The first-order valence-electron chi connectivity index (χ1n) is 11.4. The number of fused-ring (bicyclic) bond motifs is 1. The van der Waals surface area contributed by atoms with Gasteiger partial charge in [0.2, 0.25) is 5.56 Å². The molecular weight excluding hydrogens is 477 g/mol. The smallest absolute Gasteiger partial charge is 0.420 e. The standard InChI is InChI=1S/C25H23F3N4O2S/c26-25(27,28)17-12-16(6-10-22(17)34-13-15-4-2-1-3-5-15)29-24-32-21(14-35-24)20-8-7-19-18(30-20)9-11-23(33)31-19/h6-12,14-15H,1-5,13H2,(H,29,32)(H,31,33). The van der Waals surface area contributed by atoms with E-state index in [9.17, 15) is 18.0 Å². The molecule has 0 unspecified atom stereocenters. The minimum absolute atomic E-state index is 0.146. The molecule has 0 atom stereocenters. The summed E-state index contributed by atoms with van der Waals surface area (Å²) in [6.45, 7) is 0.304. The number of benzene rings is 1. The summed E-state index contributed by atoms with van der Waals surface area (Å²) in [6.07, 6.45) is 0.847. The fourth-order valence-corrected chi connectivity index (χ4v) is 4.99. The lowest BCUT2D eigenvalue weighted by atomic mass is 9.90. The zero-order valence-electron chi connectivity index (χ0n) is 18.7. The van der Waals surface area contributed by atoms with Crippen molar-refractivity contribution in [2.24, 2.45) is 5.92 Å². The number of H-pyrrole nitrogens is 1. The van der Waals surface area contributed by atoms with Gasteiger partial charge in [0.15, 0.2) is 5.13 Å². The highest BCUT2D eigenvalue weighted by molar-refractivity contribution is 7.14. The predicted octanol–water partition coefficient (Wildman–Crippen LogP) is 6.77. The molecule has 1 saturated carbocycles. The van der Waals surface area contributed by atoms with Gasteiger partial charge in [-0.15, -0.1) is 11.3 Å². The van der Waals surface area contributed by atoms with Crippen LogP contribution >= 0.6 is 11.3 Å². The van der Waals surface area contributed by atoms with Gasteiger partial charge in [-0.3, -0.25) is 4.79 Å². The van der Waals surface area contributed by atoms with Crippen LogP contribution in [-0.4, -0.2) is 21.6 Å². The Balaban J connectivity index is 1.33. The molecule has 0 amide bonds. The van der Waals surface area contributed by atoms with E-state index < -0.39 is 11.7 Å². The summed E-state index contributed by atoms with van der Waals surface area (Å²) in [5, 5.41) is 5.17. The Hall–Kier alpha value is -3.40. The molecule has 1 aliphatic rings. The molecule has 10 heteroatoms. The quantitative estimate of drug-likeness (QED) is 0.305. The van der Waals surface area contributed by atoms with Crippen LogP contribution in [0.1, 0.15) is 37.7 Å². The maximum atomic E-state index is 13.8. The highest BCUT2D eigenvalue weighted by Gasteiger charge is 2.35. The average Bonchev–Trinajstić information content (AvgIpc) is 3.31. The lowest BCUT2D eigenvalue weighted by Crippen LogP contribution is -2.17. The minimum Gasteiger partial charge on any atom is -0.493 e. The number of ether oxygens (including phenoxy) is 1. The molecule has 0 saturated heterocycles. The molecule has 0 radical (unpaired) electrons. The number of nitrogens with one attached hydrogen (secondary N) is 2. The largest absolute Gasteiger partial charge is 0.493 e. The molecule has 1 fully saturated rings. The van der Waals surface area contributed by atoms with E-state index in [2.05, 4.69) is 20.3 Å². The number of hydrogen-bond acceptors (Lipinski definition) is 6. The van der Waals surface area contributed by atoms with Crippen molar-refractivity contribution in [1.29, 1.82) is 0 Å². The Kier molecular flexibility index (Phi) is 6.46. The predicted molar refractivity (Wildman–Crippen MR) is 130 cm³/mol. The molecule has 6 nitrogen and oxygen atoms in total. The van der Waals surface area contributed by atoms with E-state index >= 15 is 0 Å². The number of aromatic amines is 1. The molecule has 3 aromatic heterocycles. The maximum absolute atomic E-state index is 13.8. The van der Waals surface area contributed by atoms with Crippen LogP contribution in [0, 0.1) is 5.92 Å². The fourth-order valence-electron chi connectivity index (χ4n) is 4.27. The van der Waals surface area contributed by atoms with E-state index in [-0.39, 0.29) is 17.0 Å². The first kappa shape index (κ1) is 23.3. The Morgan fingerprint density at radius 2 is 1.86 bits per heavy atom. The zero-order valence-corrected chi connectivity index (χ0v) is 19.5. The summed E-state index contributed by atoms with van der Waals surface area (Å²) in [7, 11) is 0. The molecule has 1 aromatic carbocycles. The normalized spacial score (nSPS) is 14.8. The number of anilines is 2. The number of alkyl halides is 3. The van der Waals surface area contributed by atoms with Crippen molar-refractivity contribution < 1.29 is 17.9 Å². The third kappa shape index (κ3) is 5.48. The van der Waals surface area contributed by atoms with Gasteiger partial charge in [0.25, 0.3) is 0 Å². The summed E-state index contributed by atoms with van der Waals surface area (Å²) < 4.78 is 46.9. The molecule has 35 heavy (non-hydrogen) atoms. The lowest BCUT2D eigenvalue weighted by Gasteiger charge is -2.23. The van der Waals surface area contributed by atoms with E-state index in [4.69, 9.17) is 4.74 Å². The van der Waals surface area contributed by atoms with Gasteiger partial charge in [0.05, 0.1) is 28.9 Å². The fraction of sp³-hybridized carbons (Fsp3) is 0.320. The van der Waals surface area contributed by atoms with Crippen molar-refractivity contribution in [3.63, 3.8) is 0 Å². The second-order valence-electron chi connectivity index (χ2n) is 8.64. The topological polar surface area (TPSA) is 79.9 Å². The van der Waals surface area contributed by atoms with Crippen LogP contribution in [-0.2, 0) is 6.18 Å². The Bertz CT molecular complexity index is 1390. The average molecular weight is 501 g/mol. The molecule has 1 aliphatic carbocycles. The second-order valence-corrected chi connectivity index (χ2v) is 9.50. The molecule has 182 valence electrons. The van der Waals surface area contributed by atoms with Gasteiger partial charge in [-0.05, 0) is 55.2 Å². The number of hydrogen-bond donors (Lipinski definition) is 2. The summed E-state index contributed by atoms with van der Waals surface area (Å²) in [6, 6.07) is 10.5. The number of halogens is 3. The number of aromatic nitrogens is 3. The first-order valence-corrected chi connectivity index (χ1v) is 12.3. The van der Waals surface area contributed by atoms with Crippen molar-refractivity contribution in [3.8, 4) is 17.1 Å². The molecule has 2 N–H and O–H groups in total. The monoisotopic (exact) mass is 500 g/mol. The van der Waals surface area contributed by atoms with Gasteiger partial charge in [-0.1, -0.05) is 19.3 Å². The number of nitrogens with zero attached hydrogens (tertiary/aromatic N) is 2. The molecular formula is C25H23F3N4O2S. The highest BCUT2D eigenvalue weighted by atomic mass is 32.1. The van der Waals surface area contributed by atoms with Crippen LogP contribution in [0.5, 0.6) is 5.75 Å². The molecule has 3 heterocycles. The van der Waals surface area contributed by atoms with Crippen LogP contribution in [0.4, 0.5) is 24.0 Å². The first-order chi connectivity index (χ1) is 16.8. The van der Waals surface area contributed by atoms with Crippen molar-refractivity contribution in [2.45, 2.75) is 38.3 Å². The highest BCUT2D eigenvalue weighted by Crippen LogP contribution is 2.39. The second kappa shape index (κ2) is 9.69. The third-order valence-corrected chi connectivity index (χ3v) is 6.84. The summed E-state index contributed by atoms with van der Waals surface area (Å²) in [4.78, 5) is 23.1. The van der Waals surface area contributed by atoms with Crippen LogP contribution in [0.3, 0.4) is 0 Å². The van der Waals surface area contributed by atoms with Gasteiger partial charge in [-0.25, -0.2) is 9.97 Å². The van der Waals surface area contributed by atoms with Gasteiger partial charge >= 0.3 is 6.18 Å². The van der Waals surface area contributed by atoms with Gasteiger partial charge in [-0.2, -0.15) is 13.2 Å². The zero-order chi connectivity index (χ0) is 24.4. The van der Waals surface area contributed by atoms with E-state index in [0.717, 1.165) is 31.7 Å². The van der Waals surface area contributed by atoms with Crippen LogP contribution < -0.4 is 15.6 Å². The van der Waals surface area contributed by atoms with Crippen molar-refractivity contribution >= 4 is 33.2 Å². The summed E-state index contributed by atoms with van der Waals surface area (Å²) >= 11 is 1.26. The maximum Gasteiger partial charge on any atom is 0.420 e. The Labute approximate surface area is 203 Å². The SMILES string of the molecule is O=c1ccc2nc(-c3csc(Nc4ccc(OCC5CCCCC5)c(C(F)(F)F)c4)n3)ccc2[nH]1. The van der Waals surface area contributed by atoms with E-state index in [1.807, 2.05) is 0 Å². The summed E-state index contributed by atoms with van der Waals surface area (Å²) in [5.74, 6) is 0.159. The van der Waals surface area contributed by atoms with Crippen LogP contribution in [0.15, 0.2) is 52.6 Å². The van der Waals surface area contributed by atoms with Gasteiger partial charge in [0.1, 0.15) is 11.4 Å². The van der Waals surface area contributed by atoms with E-state index in [1.165, 1.54) is 29.9 Å². The van der Waals surface area contributed by atoms with Crippen LogP contribution in [0.2, 0.25) is 0 Å². The third-order valence-electron chi connectivity index (χ3n) is 6.08. The minimum atomic E-state index is -4.54. The Morgan fingerprint density at radius 1 is 1.03 bits per heavy atom. The summed E-state index contributed by atoms with van der Waals surface area (Å²) in [5.41, 5.74) is 1.65. The molecule has 4 aromatic rings. The number of pyridine rings is 2. The lowest BCUT2D eigenvalue weighted by molar-refractivity contribution is -0.139. The Morgan fingerprint density at radius 3 is 2.66 bits per heavy atom. The van der Waals surface area contributed by atoms with E-state index in [0.29, 0.717) is 40.1 Å². The number of thiazole rings is 1. The van der Waals surface area contributed by atoms with E-state index in [1.54, 1.807) is 29.6 Å². The van der Waals surface area contributed by atoms with Crippen molar-refractivity contribution in [3.05, 3.63) is 63.8 Å².